The third-order valence-electron chi connectivity index (χ3n) is 3.64. The Morgan fingerprint density at radius 2 is 1.92 bits per heavy atom. The number of benzene rings is 1. The molecule has 0 bridgehead atoms. The molecule has 1 heterocycles. The zero-order valence-corrected chi connectivity index (χ0v) is 16.4. The number of hydrogen-bond acceptors (Lipinski definition) is 6. The average molecular weight is 378 g/mol. The number of methoxy groups -OCH3 is 2. The van der Waals surface area contributed by atoms with Gasteiger partial charge < -0.3 is 25.2 Å². The van der Waals surface area contributed by atoms with Crippen molar-refractivity contribution in [1.82, 2.24) is 15.6 Å². The van der Waals surface area contributed by atoms with Crippen LogP contribution in [0.1, 0.15) is 23.2 Å². The van der Waals surface area contributed by atoms with Gasteiger partial charge >= 0.3 is 0 Å². The van der Waals surface area contributed by atoms with Crippen LogP contribution in [0, 0.1) is 6.92 Å². The number of hydrogen-bond donors (Lipinski definition) is 3. The standard InChI is InChI=1S/C18H26N4O3S/c1-5-19-18(20-7-6-14-11-26-12(2)22-14)21-10-13-8-15(24-3)17(23)16(9-13)25-4/h8-9,11,23H,5-7,10H2,1-4H3,(H2,19,20,21). The van der Waals surface area contributed by atoms with Gasteiger partial charge in [-0.2, -0.15) is 0 Å². The van der Waals surface area contributed by atoms with Crippen molar-refractivity contribution >= 4 is 17.3 Å². The van der Waals surface area contributed by atoms with Gasteiger partial charge in [-0.15, -0.1) is 11.3 Å². The fraction of sp³-hybridized carbons (Fsp3) is 0.444. The third-order valence-corrected chi connectivity index (χ3v) is 4.47. The molecule has 3 N–H and O–H groups in total. The molecule has 0 aliphatic rings. The average Bonchev–Trinajstić information content (AvgIpc) is 3.05. The van der Waals surface area contributed by atoms with Gasteiger partial charge in [0.15, 0.2) is 17.5 Å². The molecule has 142 valence electrons. The molecule has 0 aliphatic heterocycles. The summed E-state index contributed by atoms with van der Waals surface area (Å²) in [7, 11) is 3.01. The minimum Gasteiger partial charge on any atom is -0.502 e. The van der Waals surface area contributed by atoms with Gasteiger partial charge in [0.25, 0.3) is 0 Å². The zero-order chi connectivity index (χ0) is 18.9. The second-order valence-electron chi connectivity index (χ2n) is 5.58. The first-order valence-corrected chi connectivity index (χ1v) is 9.32. The second-order valence-corrected chi connectivity index (χ2v) is 6.64. The summed E-state index contributed by atoms with van der Waals surface area (Å²) in [4.78, 5) is 9.04. The first kappa shape index (κ1) is 19.8. The maximum absolute atomic E-state index is 9.99. The quantitative estimate of drug-likeness (QED) is 0.483. The smallest absolute Gasteiger partial charge is 0.200 e. The number of aliphatic imine (C=N–C) groups is 1. The van der Waals surface area contributed by atoms with Crippen molar-refractivity contribution < 1.29 is 14.6 Å². The number of aromatic nitrogens is 1. The highest BCUT2D eigenvalue weighted by Crippen LogP contribution is 2.37. The molecule has 2 aromatic rings. The predicted octanol–water partition coefficient (Wildman–Crippen LogP) is 2.47. The van der Waals surface area contributed by atoms with Crippen LogP contribution in [0.3, 0.4) is 0 Å². The zero-order valence-electron chi connectivity index (χ0n) is 15.6. The van der Waals surface area contributed by atoms with Crippen molar-refractivity contribution in [2.45, 2.75) is 26.8 Å². The number of rotatable bonds is 8. The van der Waals surface area contributed by atoms with Gasteiger partial charge in [-0.1, -0.05) is 0 Å². The maximum Gasteiger partial charge on any atom is 0.200 e. The summed E-state index contributed by atoms with van der Waals surface area (Å²) in [6.45, 7) is 5.97. The van der Waals surface area contributed by atoms with E-state index in [2.05, 4.69) is 26.0 Å². The number of aryl methyl sites for hydroxylation is 1. The van der Waals surface area contributed by atoms with Gasteiger partial charge in [-0.25, -0.2) is 9.98 Å². The third kappa shape index (κ3) is 5.52. The summed E-state index contributed by atoms with van der Waals surface area (Å²) < 4.78 is 10.4. The number of thiazole rings is 1. The van der Waals surface area contributed by atoms with Crippen LogP contribution < -0.4 is 20.1 Å². The van der Waals surface area contributed by atoms with Crippen LogP contribution in [0.15, 0.2) is 22.5 Å². The minimum atomic E-state index is -0.00804. The highest BCUT2D eigenvalue weighted by Gasteiger charge is 2.11. The molecule has 0 atom stereocenters. The second kappa shape index (κ2) is 9.86. The van der Waals surface area contributed by atoms with Crippen molar-refractivity contribution in [3.05, 3.63) is 33.8 Å². The first-order valence-electron chi connectivity index (χ1n) is 8.44. The van der Waals surface area contributed by atoms with E-state index in [1.54, 1.807) is 23.5 Å². The summed E-state index contributed by atoms with van der Waals surface area (Å²) in [6.07, 6.45) is 0.843. The molecule has 7 nitrogen and oxygen atoms in total. The summed E-state index contributed by atoms with van der Waals surface area (Å²) in [5, 5.41) is 19.7. The Kier molecular flexibility index (Phi) is 7.53. The Morgan fingerprint density at radius 1 is 1.23 bits per heavy atom. The van der Waals surface area contributed by atoms with E-state index in [4.69, 9.17) is 9.47 Å². The number of ether oxygens (including phenoxy) is 2. The number of phenols is 1. The molecule has 26 heavy (non-hydrogen) atoms. The van der Waals surface area contributed by atoms with E-state index in [0.29, 0.717) is 18.0 Å². The molecule has 1 aromatic heterocycles. The van der Waals surface area contributed by atoms with Crippen molar-refractivity contribution in [2.24, 2.45) is 4.99 Å². The maximum atomic E-state index is 9.99. The van der Waals surface area contributed by atoms with Gasteiger partial charge in [0.2, 0.25) is 5.75 Å². The fourth-order valence-electron chi connectivity index (χ4n) is 2.38. The molecule has 0 amide bonds. The molecule has 2 rings (SSSR count). The lowest BCUT2D eigenvalue weighted by Gasteiger charge is -2.12. The summed E-state index contributed by atoms with van der Waals surface area (Å²) in [5.74, 6) is 1.45. The fourth-order valence-corrected chi connectivity index (χ4v) is 3.03. The number of aromatic hydroxyl groups is 1. The van der Waals surface area contributed by atoms with Crippen LogP contribution in [-0.4, -0.2) is 43.4 Å². The molecule has 8 heteroatoms. The van der Waals surface area contributed by atoms with E-state index >= 15 is 0 Å². The Labute approximate surface area is 158 Å². The van der Waals surface area contributed by atoms with Crippen LogP contribution in [0.4, 0.5) is 0 Å². The Hall–Kier alpha value is -2.48. The van der Waals surface area contributed by atoms with Gasteiger partial charge in [0, 0.05) is 24.9 Å². The van der Waals surface area contributed by atoms with Crippen molar-refractivity contribution in [1.29, 1.82) is 0 Å². The van der Waals surface area contributed by atoms with E-state index in [1.165, 1.54) is 14.2 Å². The van der Waals surface area contributed by atoms with Crippen molar-refractivity contribution in [2.75, 3.05) is 27.3 Å². The predicted molar refractivity (Wildman–Crippen MR) is 105 cm³/mol. The van der Waals surface area contributed by atoms with E-state index in [9.17, 15) is 5.11 Å². The molecule has 0 saturated carbocycles. The lowest BCUT2D eigenvalue weighted by atomic mass is 10.2. The van der Waals surface area contributed by atoms with Gasteiger partial charge in [0.1, 0.15) is 0 Å². The number of nitrogens with one attached hydrogen (secondary N) is 2. The van der Waals surface area contributed by atoms with Crippen LogP contribution >= 0.6 is 11.3 Å². The van der Waals surface area contributed by atoms with E-state index in [1.807, 2.05) is 13.8 Å². The summed E-state index contributed by atoms with van der Waals surface area (Å²) in [5.41, 5.74) is 1.97. The lowest BCUT2D eigenvalue weighted by Crippen LogP contribution is -2.38. The number of nitrogens with zero attached hydrogens (tertiary/aromatic N) is 2. The number of guanidine groups is 1. The van der Waals surface area contributed by atoms with Gasteiger partial charge in [0.05, 0.1) is 31.5 Å². The molecule has 0 aliphatic carbocycles. The Morgan fingerprint density at radius 3 is 2.46 bits per heavy atom. The molecule has 0 fully saturated rings. The molecular weight excluding hydrogens is 352 g/mol. The summed E-state index contributed by atoms with van der Waals surface area (Å²) >= 11 is 1.66. The highest BCUT2D eigenvalue weighted by molar-refractivity contribution is 7.09. The molecule has 0 spiro atoms. The molecular formula is C18H26N4O3S. The first-order chi connectivity index (χ1) is 12.6. The highest BCUT2D eigenvalue weighted by atomic mass is 32.1. The molecule has 0 radical (unpaired) electrons. The Balaban J connectivity index is 2.01. The van der Waals surface area contributed by atoms with Crippen LogP contribution in [0.25, 0.3) is 0 Å². The molecule has 1 aromatic carbocycles. The Bertz CT molecular complexity index is 721. The van der Waals surface area contributed by atoms with E-state index in [-0.39, 0.29) is 5.75 Å². The van der Waals surface area contributed by atoms with E-state index in [0.717, 1.165) is 41.7 Å². The van der Waals surface area contributed by atoms with Gasteiger partial charge in [-0.3, -0.25) is 0 Å². The topological polar surface area (TPSA) is 88.0 Å². The van der Waals surface area contributed by atoms with Crippen molar-refractivity contribution in [3.8, 4) is 17.2 Å². The van der Waals surface area contributed by atoms with Crippen LogP contribution in [0.2, 0.25) is 0 Å². The van der Waals surface area contributed by atoms with Crippen LogP contribution in [0.5, 0.6) is 17.2 Å². The minimum absolute atomic E-state index is 0.00804. The summed E-state index contributed by atoms with van der Waals surface area (Å²) in [6, 6.07) is 3.51. The number of phenolic OH excluding ortho intramolecular Hbond substituents is 1. The SMILES string of the molecule is CCNC(=NCc1cc(OC)c(O)c(OC)c1)NCCc1csc(C)n1. The molecule has 0 unspecified atom stereocenters. The van der Waals surface area contributed by atoms with Crippen LogP contribution in [-0.2, 0) is 13.0 Å². The van der Waals surface area contributed by atoms with E-state index < -0.39 is 0 Å². The van der Waals surface area contributed by atoms with Crippen molar-refractivity contribution in [3.63, 3.8) is 0 Å². The largest absolute Gasteiger partial charge is 0.502 e. The normalized spacial score (nSPS) is 11.3. The lowest BCUT2D eigenvalue weighted by molar-refractivity contribution is 0.339. The molecule has 0 saturated heterocycles. The monoisotopic (exact) mass is 378 g/mol. The van der Waals surface area contributed by atoms with Gasteiger partial charge in [-0.05, 0) is 31.5 Å².